The highest BCUT2D eigenvalue weighted by Gasteiger charge is 2.33. The van der Waals surface area contributed by atoms with Gasteiger partial charge in [-0.15, -0.1) is 0 Å². The number of pyridine rings is 1. The van der Waals surface area contributed by atoms with Gasteiger partial charge in [-0.3, -0.25) is 4.98 Å². The molecule has 1 aliphatic rings. The van der Waals surface area contributed by atoms with Crippen molar-refractivity contribution in [1.82, 2.24) is 4.98 Å². The van der Waals surface area contributed by atoms with E-state index in [4.69, 9.17) is 10.5 Å². The molecule has 7 heteroatoms. The minimum Gasteiger partial charge on any atom is -0.373 e. The molecular formula is C11H14F3N3O. The number of ether oxygens (including phenoxy) is 1. The molecule has 1 aromatic rings. The molecular weight excluding hydrogens is 247 g/mol. The van der Waals surface area contributed by atoms with E-state index in [1.54, 1.807) is 6.07 Å². The summed E-state index contributed by atoms with van der Waals surface area (Å²) in [5.74, 6) is 0. The zero-order valence-electron chi connectivity index (χ0n) is 9.65. The van der Waals surface area contributed by atoms with Crippen molar-refractivity contribution in [2.24, 2.45) is 5.73 Å². The van der Waals surface area contributed by atoms with Crippen LogP contribution < -0.4 is 10.6 Å². The van der Waals surface area contributed by atoms with E-state index in [1.165, 1.54) is 6.20 Å². The first-order chi connectivity index (χ1) is 8.50. The number of halogens is 3. The van der Waals surface area contributed by atoms with Crippen LogP contribution in [0.25, 0.3) is 0 Å². The minimum absolute atomic E-state index is 0.138. The molecule has 1 atom stereocenters. The molecule has 0 saturated carbocycles. The van der Waals surface area contributed by atoms with E-state index < -0.39 is 11.9 Å². The van der Waals surface area contributed by atoms with Crippen molar-refractivity contribution in [2.75, 3.05) is 31.1 Å². The Kier molecular flexibility index (Phi) is 3.72. The maximum absolute atomic E-state index is 12.6. The smallest absolute Gasteiger partial charge is 0.373 e. The Hall–Kier alpha value is -1.34. The van der Waals surface area contributed by atoms with E-state index >= 15 is 0 Å². The van der Waals surface area contributed by atoms with Crippen LogP contribution in [0.15, 0.2) is 18.3 Å². The lowest BCUT2D eigenvalue weighted by Gasteiger charge is -2.34. The number of rotatable bonds is 2. The molecule has 2 heterocycles. The third kappa shape index (κ3) is 2.91. The maximum Gasteiger partial charge on any atom is 0.433 e. The van der Waals surface area contributed by atoms with E-state index in [2.05, 4.69) is 4.98 Å². The Morgan fingerprint density at radius 2 is 2.28 bits per heavy atom. The topological polar surface area (TPSA) is 51.4 Å². The van der Waals surface area contributed by atoms with Crippen LogP contribution in [0, 0.1) is 0 Å². The van der Waals surface area contributed by atoms with Crippen LogP contribution in [-0.4, -0.2) is 37.3 Å². The molecule has 0 aliphatic carbocycles. The largest absolute Gasteiger partial charge is 0.433 e. The van der Waals surface area contributed by atoms with Crippen molar-refractivity contribution >= 4 is 5.69 Å². The molecule has 2 rings (SSSR count). The Morgan fingerprint density at radius 1 is 1.50 bits per heavy atom. The normalized spacial score (nSPS) is 21.1. The van der Waals surface area contributed by atoms with E-state index in [-0.39, 0.29) is 6.10 Å². The summed E-state index contributed by atoms with van der Waals surface area (Å²) in [6.07, 6.45) is -3.39. The van der Waals surface area contributed by atoms with Gasteiger partial charge in [0.05, 0.1) is 12.7 Å². The van der Waals surface area contributed by atoms with E-state index in [0.29, 0.717) is 31.9 Å². The van der Waals surface area contributed by atoms with Crippen molar-refractivity contribution in [3.05, 3.63) is 24.0 Å². The van der Waals surface area contributed by atoms with Crippen molar-refractivity contribution < 1.29 is 17.9 Å². The van der Waals surface area contributed by atoms with Gasteiger partial charge >= 0.3 is 6.18 Å². The molecule has 100 valence electrons. The second-order valence-electron chi connectivity index (χ2n) is 4.07. The standard InChI is InChI=1S/C11H14F3N3O/c12-11(13,14)10-5-8(1-2-16-10)17-3-4-18-9(6-15)7-17/h1-2,5,9H,3-4,6-7,15H2. The highest BCUT2D eigenvalue weighted by atomic mass is 19.4. The van der Waals surface area contributed by atoms with Crippen LogP contribution in [0.2, 0.25) is 0 Å². The third-order valence-electron chi connectivity index (χ3n) is 2.80. The van der Waals surface area contributed by atoms with Crippen molar-refractivity contribution in [1.29, 1.82) is 0 Å². The third-order valence-corrected chi connectivity index (χ3v) is 2.80. The van der Waals surface area contributed by atoms with E-state index in [1.807, 2.05) is 4.90 Å². The lowest BCUT2D eigenvalue weighted by atomic mass is 10.2. The second-order valence-corrected chi connectivity index (χ2v) is 4.07. The van der Waals surface area contributed by atoms with Crippen LogP contribution in [0.3, 0.4) is 0 Å². The van der Waals surface area contributed by atoms with Gasteiger partial charge in [0.25, 0.3) is 0 Å². The molecule has 1 saturated heterocycles. The van der Waals surface area contributed by atoms with Crippen molar-refractivity contribution in [2.45, 2.75) is 12.3 Å². The van der Waals surface area contributed by atoms with Crippen LogP contribution in [-0.2, 0) is 10.9 Å². The summed E-state index contributed by atoms with van der Waals surface area (Å²) in [4.78, 5) is 5.17. The summed E-state index contributed by atoms with van der Waals surface area (Å²) in [7, 11) is 0. The van der Waals surface area contributed by atoms with Gasteiger partial charge in [0, 0.05) is 31.5 Å². The van der Waals surface area contributed by atoms with Crippen LogP contribution in [0.1, 0.15) is 5.69 Å². The number of hydrogen-bond donors (Lipinski definition) is 1. The van der Waals surface area contributed by atoms with Gasteiger partial charge in [-0.05, 0) is 12.1 Å². The molecule has 0 spiro atoms. The lowest BCUT2D eigenvalue weighted by molar-refractivity contribution is -0.141. The van der Waals surface area contributed by atoms with Gasteiger partial charge in [0.1, 0.15) is 5.69 Å². The SMILES string of the molecule is NCC1CN(c2ccnc(C(F)(F)F)c2)CCO1. The molecule has 2 N–H and O–H groups in total. The highest BCUT2D eigenvalue weighted by molar-refractivity contribution is 5.47. The molecule has 4 nitrogen and oxygen atoms in total. The first kappa shape index (κ1) is 13.1. The maximum atomic E-state index is 12.6. The molecule has 0 radical (unpaired) electrons. The van der Waals surface area contributed by atoms with Crippen LogP contribution in [0.5, 0.6) is 0 Å². The first-order valence-electron chi connectivity index (χ1n) is 5.60. The Balaban J connectivity index is 2.18. The second kappa shape index (κ2) is 5.11. The molecule has 1 aliphatic heterocycles. The predicted molar refractivity (Wildman–Crippen MR) is 60.2 cm³/mol. The molecule has 0 amide bonds. The van der Waals surface area contributed by atoms with Gasteiger partial charge in [-0.2, -0.15) is 13.2 Å². The molecule has 0 bridgehead atoms. The Morgan fingerprint density at radius 3 is 2.94 bits per heavy atom. The summed E-state index contributed by atoms with van der Waals surface area (Å²) in [5, 5.41) is 0. The average Bonchev–Trinajstić information content (AvgIpc) is 2.38. The van der Waals surface area contributed by atoms with Crippen LogP contribution in [0.4, 0.5) is 18.9 Å². The number of anilines is 1. The van der Waals surface area contributed by atoms with Gasteiger partial charge in [0.2, 0.25) is 0 Å². The van der Waals surface area contributed by atoms with Gasteiger partial charge in [0.15, 0.2) is 0 Å². The summed E-state index contributed by atoms with van der Waals surface area (Å²) < 4.78 is 43.0. The summed E-state index contributed by atoms with van der Waals surface area (Å²) >= 11 is 0. The van der Waals surface area contributed by atoms with E-state index in [0.717, 1.165) is 6.07 Å². The molecule has 1 unspecified atom stereocenters. The van der Waals surface area contributed by atoms with Gasteiger partial charge in [-0.25, -0.2) is 0 Å². The zero-order chi connectivity index (χ0) is 13.2. The number of nitrogens with zero attached hydrogens (tertiary/aromatic N) is 2. The fourth-order valence-corrected chi connectivity index (χ4v) is 1.87. The average molecular weight is 261 g/mol. The summed E-state index contributed by atoms with van der Waals surface area (Å²) in [5.41, 5.74) is 5.12. The fourth-order valence-electron chi connectivity index (χ4n) is 1.87. The number of alkyl halides is 3. The van der Waals surface area contributed by atoms with Crippen molar-refractivity contribution in [3.63, 3.8) is 0 Å². The highest BCUT2D eigenvalue weighted by Crippen LogP contribution is 2.30. The number of morpholine rings is 1. The van der Waals surface area contributed by atoms with Crippen LogP contribution >= 0.6 is 0 Å². The Labute approximate surface area is 103 Å². The molecule has 0 aromatic carbocycles. The summed E-state index contributed by atoms with van der Waals surface area (Å²) in [6.45, 7) is 1.87. The van der Waals surface area contributed by atoms with E-state index in [9.17, 15) is 13.2 Å². The monoisotopic (exact) mass is 261 g/mol. The number of nitrogens with two attached hydrogens (primary N) is 1. The lowest BCUT2D eigenvalue weighted by Crippen LogP contribution is -2.45. The van der Waals surface area contributed by atoms with Crippen molar-refractivity contribution in [3.8, 4) is 0 Å². The van der Waals surface area contributed by atoms with Gasteiger partial charge < -0.3 is 15.4 Å². The summed E-state index contributed by atoms with van der Waals surface area (Å²) in [6, 6.07) is 2.62. The number of hydrogen-bond acceptors (Lipinski definition) is 4. The molecule has 1 fully saturated rings. The Bertz CT molecular complexity index is 411. The van der Waals surface area contributed by atoms with Gasteiger partial charge in [-0.1, -0.05) is 0 Å². The fraction of sp³-hybridized carbons (Fsp3) is 0.545. The predicted octanol–water partition coefficient (Wildman–Crippen LogP) is 1.26. The number of aromatic nitrogens is 1. The molecule has 1 aromatic heterocycles. The minimum atomic E-state index is -4.42. The first-order valence-corrected chi connectivity index (χ1v) is 5.60. The quantitative estimate of drug-likeness (QED) is 0.871. The molecule has 18 heavy (non-hydrogen) atoms. The zero-order valence-corrected chi connectivity index (χ0v) is 9.65.